The lowest BCUT2D eigenvalue weighted by molar-refractivity contribution is 0.601. The number of hydrogen-bond acceptors (Lipinski definition) is 7. The summed E-state index contributed by atoms with van der Waals surface area (Å²) >= 11 is 0. The molecule has 5 aromatic rings. The van der Waals surface area contributed by atoms with Crippen LogP contribution in [0.15, 0.2) is 90.2 Å². The first kappa shape index (κ1) is 22.5. The average Bonchev–Trinajstić information content (AvgIpc) is 2.88. The Bertz CT molecular complexity index is 1630. The van der Waals surface area contributed by atoms with Gasteiger partial charge in [0.1, 0.15) is 11.6 Å². The minimum Gasteiger partial charge on any atom is -0.364 e. The van der Waals surface area contributed by atoms with Crippen LogP contribution >= 0.6 is 0 Å². The lowest BCUT2D eigenvalue weighted by Gasteiger charge is -2.14. The fourth-order valence-electron chi connectivity index (χ4n) is 3.73. The number of rotatable bonds is 6. The van der Waals surface area contributed by atoms with E-state index in [1.54, 1.807) is 6.07 Å². The first-order valence-electron chi connectivity index (χ1n) is 10.7. The molecule has 9 heteroatoms. The van der Waals surface area contributed by atoms with E-state index in [9.17, 15) is 12.8 Å². The Balaban J connectivity index is 1.67. The predicted octanol–water partition coefficient (Wildman–Crippen LogP) is 4.91. The third kappa shape index (κ3) is 4.85. The van der Waals surface area contributed by atoms with Crippen molar-refractivity contribution in [2.75, 3.05) is 11.6 Å². The van der Waals surface area contributed by atoms with Crippen molar-refractivity contribution in [2.24, 2.45) is 0 Å². The molecule has 0 unspecified atom stereocenters. The van der Waals surface area contributed by atoms with Crippen LogP contribution < -0.4 is 5.32 Å². The van der Waals surface area contributed by atoms with Gasteiger partial charge in [-0.3, -0.25) is 9.97 Å². The molecule has 3 aromatic heterocycles. The summed E-state index contributed by atoms with van der Waals surface area (Å²) in [7, 11) is -3.45. The van der Waals surface area contributed by atoms with E-state index in [2.05, 4.69) is 15.3 Å². The Morgan fingerprint density at radius 3 is 2.46 bits per heavy atom. The smallest absolute Gasteiger partial charge is 0.177 e. The van der Waals surface area contributed by atoms with Crippen LogP contribution in [-0.4, -0.2) is 34.6 Å². The lowest BCUT2D eigenvalue weighted by Crippen LogP contribution is -2.07. The zero-order valence-electron chi connectivity index (χ0n) is 18.7. The zero-order valence-corrected chi connectivity index (χ0v) is 19.5. The minimum absolute atomic E-state index is 0.0850. The first-order valence-corrected chi connectivity index (χ1v) is 12.6. The van der Waals surface area contributed by atoms with Crippen molar-refractivity contribution in [1.29, 1.82) is 0 Å². The second-order valence-corrected chi connectivity index (χ2v) is 9.98. The van der Waals surface area contributed by atoms with Crippen molar-refractivity contribution in [1.82, 2.24) is 19.9 Å². The minimum atomic E-state index is -3.45. The molecule has 0 amide bonds. The number of pyridine rings is 2. The van der Waals surface area contributed by atoms with Gasteiger partial charge in [0.25, 0.3) is 0 Å². The number of nitrogens with one attached hydrogen (secondary N) is 1. The van der Waals surface area contributed by atoms with Gasteiger partial charge in [0.05, 0.1) is 34.2 Å². The van der Waals surface area contributed by atoms with Crippen LogP contribution in [0.3, 0.4) is 0 Å². The molecule has 0 spiro atoms. The van der Waals surface area contributed by atoms with Crippen molar-refractivity contribution in [2.45, 2.75) is 11.4 Å². The normalized spacial score (nSPS) is 11.5. The maximum atomic E-state index is 13.3. The van der Waals surface area contributed by atoms with E-state index >= 15 is 0 Å². The van der Waals surface area contributed by atoms with Gasteiger partial charge in [-0.1, -0.05) is 42.5 Å². The van der Waals surface area contributed by atoms with E-state index in [1.165, 1.54) is 24.5 Å². The van der Waals surface area contributed by atoms with Gasteiger partial charge < -0.3 is 5.32 Å². The summed E-state index contributed by atoms with van der Waals surface area (Å²) in [6.45, 7) is 0.302. The number of fused-ring (bicyclic) bond motifs is 1. The van der Waals surface area contributed by atoms with E-state index in [-0.39, 0.29) is 4.90 Å². The number of nitrogens with zero attached hydrogens (tertiary/aromatic N) is 4. The molecule has 35 heavy (non-hydrogen) atoms. The molecule has 1 N–H and O–H groups in total. The van der Waals surface area contributed by atoms with Gasteiger partial charge in [-0.05, 0) is 35.4 Å². The van der Waals surface area contributed by atoms with E-state index in [0.29, 0.717) is 35.0 Å². The predicted molar refractivity (Wildman–Crippen MR) is 133 cm³/mol. The molecule has 0 saturated heterocycles. The number of sulfone groups is 1. The summed E-state index contributed by atoms with van der Waals surface area (Å²) in [6, 6.07) is 20.1. The molecule has 0 aliphatic rings. The molecule has 0 aliphatic heterocycles. The van der Waals surface area contributed by atoms with Crippen molar-refractivity contribution < 1.29 is 12.8 Å². The highest BCUT2D eigenvalue weighted by atomic mass is 32.2. The Morgan fingerprint density at radius 1 is 0.886 bits per heavy atom. The standard InChI is InChI=1S/C26H20FN5O2S/c1-35(33,34)21-12-18(13-28-16-21)25-31-23-9-5-8-22(17-6-3-2-4-7-17)24(23)26(32-25)30-15-20-11-10-19(27)14-29-20/h2-14,16H,15H2,1H3,(H,30,31,32). The van der Waals surface area contributed by atoms with Gasteiger partial charge >= 0.3 is 0 Å². The van der Waals surface area contributed by atoms with Crippen LogP contribution in [0.4, 0.5) is 10.2 Å². The highest BCUT2D eigenvalue weighted by Crippen LogP contribution is 2.34. The third-order valence-electron chi connectivity index (χ3n) is 5.43. The first-order chi connectivity index (χ1) is 16.9. The largest absolute Gasteiger partial charge is 0.364 e. The molecule has 3 heterocycles. The summed E-state index contributed by atoms with van der Waals surface area (Å²) in [5, 5.41) is 4.12. The van der Waals surface area contributed by atoms with Crippen molar-refractivity contribution >= 4 is 26.6 Å². The van der Waals surface area contributed by atoms with Gasteiger partial charge in [-0.25, -0.2) is 22.8 Å². The van der Waals surface area contributed by atoms with Crippen LogP contribution in [0, 0.1) is 5.82 Å². The molecule has 7 nitrogen and oxygen atoms in total. The summed E-state index contributed by atoms with van der Waals surface area (Å²) < 4.78 is 37.4. The fraction of sp³-hybridized carbons (Fsp3) is 0.0769. The maximum absolute atomic E-state index is 13.3. The van der Waals surface area contributed by atoms with Gasteiger partial charge in [-0.2, -0.15) is 0 Å². The maximum Gasteiger partial charge on any atom is 0.177 e. The van der Waals surface area contributed by atoms with Crippen LogP contribution in [0.5, 0.6) is 0 Å². The van der Waals surface area contributed by atoms with Gasteiger partial charge in [0.2, 0.25) is 0 Å². The molecule has 174 valence electrons. The quantitative estimate of drug-likeness (QED) is 0.365. The molecule has 0 aliphatic carbocycles. The van der Waals surface area contributed by atoms with E-state index in [0.717, 1.165) is 29.0 Å². The number of benzene rings is 2. The Morgan fingerprint density at radius 2 is 1.71 bits per heavy atom. The third-order valence-corrected chi connectivity index (χ3v) is 6.51. The van der Waals surface area contributed by atoms with Crippen LogP contribution in [-0.2, 0) is 16.4 Å². The number of halogens is 1. The second kappa shape index (κ2) is 9.19. The van der Waals surface area contributed by atoms with Crippen molar-refractivity contribution in [3.05, 3.63) is 96.8 Å². The number of aromatic nitrogens is 4. The molecule has 0 saturated carbocycles. The summed E-state index contributed by atoms with van der Waals surface area (Å²) in [6.07, 6.45) is 5.12. The van der Waals surface area contributed by atoms with Gasteiger partial charge in [-0.15, -0.1) is 0 Å². The molecule has 0 atom stereocenters. The van der Waals surface area contributed by atoms with E-state index in [1.807, 2.05) is 48.5 Å². The summed E-state index contributed by atoms with van der Waals surface area (Å²) in [5.74, 6) is 0.462. The number of anilines is 1. The van der Waals surface area contributed by atoms with Crippen molar-refractivity contribution in [3.8, 4) is 22.5 Å². The summed E-state index contributed by atoms with van der Waals surface area (Å²) in [4.78, 5) is 17.8. The van der Waals surface area contributed by atoms with Gasteiger partial charge in [0, 0.05) is 24.2 Å². The highest BCUT2D eigenvalue weighted by Gasteiger charge is 2.16. The monoisotopic (exact) mass is 485 g/mol. The van der Waals surface area contributed by atoms with Crippen LogP contribution in [0.2, 0.25) is 0 Å². The molecule has 0 bridgehead atoms. The lowest BCUT2D eigenvalue weighted by atomic mass is 10.0. The van der Waals surface area contributed by atoms with E-state index < -0.39 is 15.7 Å². The Hall–Kier alpha value is -4.24. The Labute approximate surface area is 201 Å². The molecular weight excluding hydrogens is 465 g/mol. The Kier molecular flexibility index (Phi) is 5.92. The number of hydrogen-bond donors (Lipinski definition) is 1. The molecule has 0 fully saturated rings. The SMILES string of the molecule is CS(=O)(=O)c1cncc(-c2nc(NCc3ccc(F)cn3)c3c(-c4ccccc4)cccc3n2)c1. The topological polar surface area (TPSA) is 97.7 Å². The van der Waals surface area contributed by atoms with E-state index in [4.69, 9.17) is 9.97 Å². The molecular formula is C26H20FN5O2S. The highest BCUT2D eigenvalue weighted by molar-refractivity contribution is 7.90. The molecule has 2 aromatic carbocycles. The summed E-state index contributed by atoms with van der Waals surface area (Å²) in [5.41, 5.74) is 3.72. The molecule has 5 rings (SSSR count). The zero-order chi connectivity index (χ0) is 24.4. The second-order valence-electron chi connectivity index (χ2n) is 7.96. The fourth-order valence-corrected chi connectivity index (χ4v) is 4.32. The van der Waals surface area contributed by atoms with Crippen molar-refractivity contribution in [3.63, 3.8) is 0 Å². The average molecular weight is 486 g/mol. The van der Waals surface area contributed by atoms with Crippen LogP contribution in [0.1, 0.15) is 5.69 Å². The molecule has 0 radical (unpaired) electrons. The van der Waals surface area contributed by atoms with Gasteiger partial charge in [0.15, 0.2) is 15.7 Å². The van der Waals surface area contributed by atoms with Crippen LogP contribution in [0.25, 0.3) is 33.4 Å².